The molecule has 66 valence electrons. The summed E-state index contributed by atoms with van der Waals surface area (Å²) in [6.07, 6.45) is 4.11. The third kappa shape index (κ3) is 10.3. The second-order valence-corrected chi connectivity index (χ2v) is 3.96. The molecule has 0 bridgehead atoms. The summed E-state index contributed by atoms with van der Waals surface area (Å²) in [5.41, 5.74) is 0. The Morgan fingerprint density at radius 1 is 1.36 bits per heavy atom. The fraction of sp³-hybridized carbons (Fsp3) is 0.750. The molecule has 0 saturated heterocycles. The molecule has 0 unspecified atom stereocenters. The van der Waals surface area contributed by atoms with E-state index in [-0.39, 0.29) is 0 Å². The summed E-state index contributed by atoms with van der Waals surface area (Å²) in [6.45, 7) is 1.15. The van der Waals surface area contributed by atoms with E-state index in [1.807, 2.05) is 17.8 Å². The number of hydrogen-bond donors (Lipinski definition) is 0. The Kier molecular flexibility index (Phi) is 8.70. The molecule has 0 rings (SSSR count). The van der Waals surface area contributed by atoms with Gasteiger partial charge in [0.2, 0.25) is 0 Å². The van der Waals surface area contributed by atoms with Gasteiger partial charge in [-0.1, -0.05) is 12.2 Å². The van der Waals surface area contributed by atoms with Crippen LogP contribution in [0.5, 0.6) is 0 Å². The van der Waals surface area contributed by atoms with Gasteiger partial charge in [0.15, 0.2) is 0 Å². The number of alkyl halides is 1. The zero-order chi connectivity index (χ0) is 8.53. The summed E-state index contributed by atoms with van der Waals surface area (Å²) in [4.78, 5) is 2.19. The summed E-state index contributed by atoms with van der Waals surface area (Å²) in [5.74, 6) is 2.91. The SMILES string of the molecule is CN(C)CCSCC=CCCl. The third-order valence-electron chi connectivity index (χ3n) is 1.15. The molecule has 0 aromatic carbocycles. The second-order valence-electron chi connectivity index (χ2n) is 2.50. The smallest absolute Gasteiger partial charge is 0.0404 e. The van der Waals surface area contributed by atoms with Gasteiger partial charge in [-0.05, 0) is 14.1 Å². The first-order chi connectivity index (χ1) is 5.27. The van der Waals surface area contributed by atoms with E-state index in [0.29, 0.717) is 5.88 Å². The Morgan fingerprint density at radius 3 is 2.64 bits per heavy atom. The molecule has 0 heterocycles. The topological polar surface area (TPSA) is 3.24 Å². The molecular formula is C8H16ClNS. The van der Waals surface area contributed by atoms with Crippen molar-refractivity contribution in [3.05, 3.63) is 12.2 Å². The van der Waals surface area contributed by atoms with E-state index in [2.05, 4.69) is 25.1 Å². The fourth-order valence-electron chi connectivity index (χ4n) is 0.530. The number of hydrogen-bond acceptors (Lipinski definition) is 2. The predicted molar refractivity (Wildman–Crippen MR) is 55.7 cm³/mol. The lowest BCUT2D eigenvalue weighted by Gasteiger charge is -2.07. The first-order valence-electron chi connectivity index (χ1n) is 3.71. The van der Waals surface area contributed by atoms with Gasteiger partial charge in [0.05, 0.1) is 0 Å². The van der Waals surface area contributed by atoms with E-state index >= 15 is 0 Å². The number of halogens is 1. The molecule has 11 heavy (non-hydrogen) atoms. The monoisotopic (exact) mass is 193 g/mol. The molecule has 3 heteroatoms. The summed E-state index contributed by atoms with van der Waals surface area (Å²) < 4.78 is 0. The maximum absolute atomic E-state index is 5.46. The highest BCUT2D eigenvalue weighted by Gasteiger charge is 1.88. The van der Waals surface area contributed by atoms with Crippen LogP contribution in [0.25, 0.3) is 0 Å². The lowest BCUT2D eigenvalue weighted by molar-refractivity contribution is 0.437. The Hall–Kier alpha value is 0.340. The molecule has 0 aromatic heterocycles. The summed E-state index contributed by atoms with van der Waals surface area (Å²) in [5, 5.41) is 0. The average Bonchev–Trinajstić information content (AvgIpc) is 1.96. The molecule has 0 spiro atoms. The van der Waals surface area contributed by atoms with Crippen molar-refractivity contribution in [3.8, 4) is 0 Å². The van der Waals surface area contributed by atoms with E-state index in [9.17, 15) is 0 Å². The highest BCUT2D eigenvalue weighted by molar-refractivity contribution is 7.99. The van der Waals surface area contributed by atoms with E-state index in [0.717, 1.165) is 12.3 Å². The van der Waals surface area contributed by atoms with Crippen LogP contribution in [-0.4, -0.2) is 42.9 Å². The fourth-order valence-corrected chi connectivity index (χ4v) is 1.59. The van der Waals surface area contributed by atoms with Crippen molar-refractivity contribution < 1.29 is 0 Å². The van der Waals surface area contributed by atoms with E-state index < -0.39 is 0 Å². The number of allylic oxidation sites excluding steroid dienone is 1. The van der Waals surface area contributed by atoms with Crippen LogP contribution in [0.2, 0.25) is 0 Å². The van der Waals surface area contributed by atoms with E-state index in [1.165, 1.54) is 5.75 Å². The average molecular weight is 194 g/mol. The van der Waals surface area contributed by atoms with Crippen LogP contribution in [0.4, 0.5) is 0 Å². The molecule has 0 amide bonds. The van der Waals surface area contributed by atoms with Gasteiger partial charge in [0, 0.05) is 23.9 Å². The highest BCUT2D eigenvalue weighted by atomic mass is 35.5. The predicted octanol–water partition coefficient (Wildman–Crippen LogP) is 2.08. The van der Waals surface area contributed by atoms with E-state index in [4.69, 9.17) is 11.6 Å². The number of rotatable bonds is 6. The minimum atomic E-state index is 0.633. The van der Waals surface area contributed by atoms with Crippen molar-refractivity contribution in [1.29, 1.82) is 0 Å². The Balaban J connectivity index is 2.96. The van der Waals surface area contributed by atoms with Gasteiger partial charge in [0.25, 0.3) is 0 Å². The van der Waals surface area contributed by atoms with Gasteiger partial charge in [0.1, 0.15) is 0 Å². The van der Waals surface area contributed by atoms with Crippen LogP contribution < -0.4 is 0 Å². The summed E-state index contributed by atoms with van der Waals surface area (Å²) >= 11 is 7.39. The van der Waals surface area contributed by atoms with Gasteiger partial charge >= 0.3 is 0 Å². The first kappa shape index (κ1) is 11.3. The Labute approximate surface area is 78.8 Å². The maximum atomic E-state index is 5.46. The molecule has 0 aromatic rings. The Bertz CT molecular complexity index is 104. The van der Waals surface area contributed by atoms with Gasteiger partial charge in [-0.2, -0.15) is 11.8 Å². The zero-order valence-corrected chi connectivity index (χ0v) is 8.79. The van der Waals surface area contributed by atoms with Crippen molar-refractivity contribution in [2.75, 3.05) is 38.0 Å². The first-order valence-corrected chi connectivity index (χ1v) is 5.39. The summed E-state index contributed by atoms with van der Waals surface area (Å²) in [6, 6.07) is 0. The molecule has 0 atom stereocenters. The maximum Gasteiger partial charge on any atom is 0.0404 e. The van der Waals surface area contributed by atoms with Crippen LogP contribution in [0.1, 0.15) is 0 Å². The lowest BCUT2D eigenvalue weighted by Crippen LogP contribution is -2.14. The molecule has 0 radical (unpaired) electrons. The minimum Gasteiger partial charge on any atom is -0.309 e. The van der Waals surface area contributed by atoms with Crippen LogP contribution in [0.3, 0.4) is 0 Å². The van der Waals surface area contributed by atoms with Crippen LogP contribution >= 0.6 is 23.4 Å². The third-order valence-corrected chi connectivity index (χ3v) is 2.23. The minimum absolute atomic E-state index is 0.633. The van der Waals surface area contributed by atoms with Gasteiger partial charge < -0.3 is 4.90 Å². The molecule has 0 fully saturated rings. The molecule has 0 aliphatic carbocycles. The van der Waals surface area contributed by atoms with E-state index in [1.54, 1.807) is 0 Å². The van der Waals surface area contributed by atoms with Gasteiger partial charge in [-0.3, -0.25) is 0 Å². The van der Waals surface area contributed by atoms with Crippen molar-refractivity contribution in [1.82, 2.24) is 4.90 Å². The standard InChI is InChI=1S/C8H16ClNS/c1-10(2)6-8-11-7-4-3-5-9/h3-4H,5-8H2,1-2H3. The number of thioether (sulfide) groups is 1. The molecule has 0 aliphatic heterocycles. The lowest BCUT2D eigenvalue weighted by atomic mass is 10.6. The van der Waals surface area contributed by atoms with Crippen molar-refractivity contribution in [2.45, 2.75) is 0 Å². The highest BCUT2D eigenvalue weighted by Crippen LogP contribution is 1.99. The van der Waals surface area contributed by atoms with Gasteiger partial charge in [-0.25, -0.2) is 0 Å². The summed E-state index contributed by atoms with van der Waals surface area (Å²) in [7, 11) is 4.18. The molecular weight excluding hydrogens is 178 g/mol. The van der Waals surface area contributed by atoms with Crippen molar-refractivity contribution >= 4 is 23.4 Å². The molecule has 1 nitrogen and oxygen atoms in total. The van der Waals surface area contributed by atoms with Crippen molar-refractivity contribution in [2.24, 2.45) is 0 Å². The van der Waals surface area contributed by atoms with Gasteiger partial charge in [-0.15, -0.1) is 11.6 Å². The molecule has 0 saturated carbocycles. The second kappa shape index (κ2) is 8.44. The van der Waals surface area contributed by atoms with Crippen molar-refractivity contribution in [3.63, 3.8) is 0 Å². The quantitative estimate of drug-likeness (QED) is 0.361. The van der Waals surface area contributed by atoms with Crippen LogP contribution in [0.15, 0.2) is 12.2 Å². The normalized spacial score (nSPS) is 11.6. The Morgan fingerprint density at radius 2 is 2.09 bits per heavy atom. The number of nitrogens with zero attached hydrogens (tertiary/aromatic N) is 1. The van der Waals surface area contributed by atoms with Crippen LogP contribution in [-0.2, 0) is 0 Å². The zero-order valence-electron chi connectivity index (χ0n) is 7.22. The van der Waals surface area contributed by atoms with Crippen LogP contribution in [0, 0.1) is 0 Å². The molecule has 0 aliphatic rings. The molecule has 0 N–H and O–H groups in total. The largest absolute Gasteiger partial charge is 0.309 e.